The normalized spacial score (nSPS) is 20.1. The number of amides is 1. The molecule has 104 valence electrons. The number of rotatable bonds is 4. The van der Waals surface area contributed by atoms with Crippen molar-refractivity contribution in [3.05, 3.63) is 28.2 Å². The molecule has 0 radical (unpaired) electrons. The summed E-state index contributed by atoms with van der Waals surface area (Å²) in [5.41, 5.74) is 0.956. The first-order chi connectivity index (χ1) is 9.11. The lowest BCUT2D eigenvalue weighted by atomic mass is 10.1. The molecule has 0 spiro atoms. The van der Waals surface area contributed by atoms with Gasteiger partial charge in [0.2, 0.25) is 5.91 Å². The first-order valence-electron chi connectivity index (χ1n) is 6.37. The molecule has 2 rings (SSSR count). The Hall–Kier alpha value is -1.07. The number of ether oxygens (including phenoxy) is 2. The second-order valence-corrected chi connectivity index (χ2v) is 5.53. The molecule has 1 aliphatic heterocycles. The molecular weight excluding hydrogens is 310 g/mol. The quantitative estimate of drug-likeness (QED) is 0.925. The van der Waals surface area contributed by atoms with Crippen molar-refractivity contribution in [2.45, 2.75) is 31.9 Å². The maximum Gasteiger partial charge on any atom is 0.249 e. The van der Waals surface area contributed by atoms with E-state index in [4.69, 9.17) is 9.47 Å². The van der Waals surface area contributed by atoms with E-state index >= 15 is 0 Å². The Morgan fingerprint density at radius 3 is 3.00 bits per heavy atom. The fraction of sp³-hybridized carbons (Fsp3) is 0.500. The average Bonchev–Trinajstić information content (AvgIpc) is 2.92. The van der Waals surface area contributed by atoms with E-state index in [9.17, 15) is 4.79 Å². The van der Waals surface area contributed by atoms with Gasteiger partial charge in [0, 0.05) is 16.6 Å². The number of halogens is 1. The molecule has 0 unspecified atom stereocenters. The van der Waals surface area contributed by atoms with E-state index in [1.165, 1.54) is 0 Å². The molecule has 19 heavy (non-hydrogen) atoms. The van der Waals surface area contributed by atoms with Crippen LogP contribution in [0.25, 0.3) is 0 Å². The summed E-state index contributed by atoms with van der Waals surface area (Å²) >= 11 is 3.40. The van der Waals surface area contributed by atoms with Gasteiger partial charge in [0.1, 0.15) is 11.9 Å². The lowest BCUT2D eigenvalue weighted by molar-refractivity contribution is -0.130. The van der Waals surface area contributed by atoms with Gasteiger partial charge in [-0.25, -0.2) is 0 Å². The van der Waals surface area contributed by atoms with Crippen LogP contribution in [0.2, 0.25) is 0 Å². The van der Waals surface area contributed by atoms with Crippen LogP contribution in [0.5, 0.6) is 5.75 Å². The van der Waals surface area contributed by atoms with Gasteiger partial charge in [-0.3, -0.25) is 4.79 Å². The lowest BCUT2D eigenvalue weighted by Crippen LogP contribution is -2.35. The Labute approximate surface area is 121 Å². The summed E-state index contributed by atoms with van der Waals surface area (Å²) in [6.07, 6.45) is 1.45. The van der Waals surface area contributed by atoms with Gasteiger partial charge in [-0.15, -0.1) is 0 Å². The van der Waals surface area contributed by atoms with Gasteiger partial charge in [-0.05, 0) is 31.9 Å². The number of hydrogen-bond acceptors (Lipinski definition) is 3. The third-order valence-electron chi connectivity index (χ3n) is 3.24. The molecule has 1 aromatic carbocycles. The van der Waals surface area contributed by atoms with Crippen LogP contribution >= 0.6 is 15.9 Å². The van der Waals surface area contributed by atoms with Crippen LogP contribution in [0.4, 0.5) is 0 Å². The lowest BCUT2D eigenvalue weighted by Gasteiger charge is -2.19. The third-order valence-corrected chi connectivity index (χ3v) is 3.74. The van der Waals surface area contributed by atoms with Crippen LogP contribution in [-0.2, 0) is 9.53 Å². The molecular formula is C14H18BrNO3. The topological polar surface area (TPSA) is 47.6 Å². The Kier molecular flexibility index (Phi) is 4.82. The number of carbonyl (C=O) groups is 1. The molecule has 1 aromatic rings. The van der Waals surface area contributed by atoms with Gasteiger partial charge in [-0.2, -0.15) is 0 Å². The Morgan fingerprint density at radius 2 is 2.37 bits per heavy atom. The Bertz CT molecular complexity index is 458. The molecule has 1 saturated heterocycles. The van der Waals surface area contributed by atoms with Crippen LogP contribution in [0.1, 0.15) is 31.4 Å². The van der Waals surface area contributed by atoms with Crippen molar-refractivity contribution in [2.24, 2.45) is 0 Å². The van der Waals surface area contributed by atoms with Crippen molar-refractivity contribution in [3.63, 3.8) is 0 Å². The molecule has 0 aromatic heterocycles. The van der Waals surface area contributed by atoms with Gasteiger partial charge in [0.05, 0.1) is 13.2 Å². The Morgan fingerprint density at radius 1 is 1.58 bits per heavy atom. The Balaban J connectivity index is 2.06. The van der Waals surface area contributed by atoms with Gasteiger partial charge < -0.3 is 14.8 Å². The van der Waals surface area contributed by atoms with Crippen molar-refractivity contribution in [2.75, 3.05) is 13.7 Å². The summed E-state index contributed by atoms with van der Waals surface area (Å²) in [6.45, 7) is 2.62. The van der Waals surface area contributed by atoms with Crippen LogP contribution in [-0.4, -0.2) is 25.7 Å². The van der Waals surface area contributed by atoms with Gasteiger partial charge >= 0.3 is 0 Å². The second kappa shape index (κ2) is 6.39. The molecule has 2 atom stereocenters. The van der Waals surface area contributed by atoms with Crippen molar-refractivity contribution >= 4 is 21.8 Å². The van der Waals surface area contributed by atoms with E-state index in [1.807, 2.05) is 25.1 Å². The van der Waals surface area contributed by atoms with E-state index in [0.717, 1.165) is 28.6 Å². The number of hydrogen-bond donors (Lipinski definition) is 1. The number of carbonyl (C=O) groups excluding carboxylic acids is 1. The standard InChI is InChI=1S/C14H18BrNO3/c1-9(16-14(17)12-4-3-7-19-12)11-6-5-10(15)8-13(11)18-2/h5-6,8-9,12H,3-4,7H2,1-2H3,(H,16,17)/t9-,12+/m1/s1. The highest BCUT2D eigenvalue weighted by atomic mass is 79.9. The minimum Gasteiger partial charge on any atom is -0.496 e. The van der Waals surface area contributed by atoms with Crippen molar-refractivity contribution < 1.29 is 14.3 Å². The minimum absolute atomic E-state index is 0.0463. The third kappa shape index (κ3) is 3.48. The number of benzene rings is 1. The SMILES string of the molecule is COc1cc(Br)ccc1[C@@H](C)NC(=O)[C@@H]1CCCO1. The van der Waals surface area contributed by atoms with E-state index in [1.54, 1.807) is 7.11 Å². The summed E-state index contributed by atoms with van der Waals surface area (Å²) in [5, 5.41) is 2.97. The molecule has 4 nitrogen and oxygen atoms in total. The predicted octanol–water partition coefficient (Wildman–Crippen LogP) is 2.81. The van der Waals surface area contributed by atoms with Gasteiger partial charge in [-0.1, -0.05) is 22.0 Å². The van der Waals surface area contributed by atoms with Crippen LogP contribution in [0.15, 0.2) is 22.7 Å². The zero-order valence-corrected chi connectivity index (χ0v) is 12.7. The first-order valence-corrected chi connectivity index (χ1v) is 7.16. The molecule has 0 saturated carbocycles. The fourth-order valence-corrected chi connectivity index (χ4v) is 2.55. The molecule has 5 heteroatoms. The highest BCUT2D eigenvalue weighted by Gasteiger charge is 2.25. The highest BCUT2D eigenvalue weighted by Crippen LogP contribution is 2.28. The molecule has 1 N–H and O–H groups in total. The molecule has 0 aliphatic carbocycles. The van der Waals surface area contributed by atoms with E-state index in [0.29, 0.717) is 6.61 Å². The zero-order chi connectivity index (χ0) is 13.8. The maximum absolute atomic E-state index is 12.0. The molecule has 1 heterocycles. The number of methoxy groups -OCH3 is 1. The first kappa shape index (κ1) is 14.3. The summed E-state index contributed by atoms with van der Waals surface area (Å²) in [4.78, 5) is 12.0. The smallest absolute Gasteiger partial charge is 0.249 e. The zero-order valence-electron chi connectivity index (χ0n) is 11.1. The molecule has 1 aliphatic rings. The summed E-state index contributed by atoms with van der Waals surface area (Å²) < 4.78 is 11.7. The summed E-state index contributed by atoms with van der Waals surface area (Å²) in [6, 6.07) is 5.67. The molecule has 1 amide bonds. The van der Waals surface area contributed by atoms with Crippen LogP contribution in [0, 0.1) is 0 Å². The fourth-order valence-electron chi connectivity index (χ4n) is 2.21. The van der Waals surface area contributed by atoms with Crippen molar-refractivity contribution in [1.82, 2.24) is 5.32 Å². The van der Waals surface area contributed by atoms with Crippen LogP contribution in [0.3, 0.4) is 0 Å². The minimum atomic E-state index is -0.302. The molecule has 1 fully saturated rings. The predicted molar refractivity (Wildman–Crippen MR) is 76.2 cm³/mol. The monoisotopic (exact) mass is 327 g/mol. The number of nitrogens with one attached hydrogen (secondary N) is 1. The van der Waals surface area contributed by atoms with Gasteiger partial charge in [0.15, 0.2) is 0 Å². The molecule has 0 bridgehead atoms. The van der Waals surface area contributed by atoms with Crippen molar-refractivity contribution in [3.8, 4) is 5.75 Å². The van der Waals surface area contributed by atoms with E-state index in [-0.39, 0.29) is 18.1 Å². The highest BCUT2D eigenvalue weighted by molar-refractivity contribution is 9.10. The summed E-state index contributed by atoms with van der Waals surface area (Å²) in [7, 11) is 1.62. The van der Waals surface area contributed by atoms with E-state index < -0.39 is 0 Å². The van der Waals surface area contributed by atoms with Crippen molar-refractivity contribution in [1.29, 1.82) is 0 Å². The maximum atomic E-state index is 12.0. The summed E-state index contributed by atoms with van der Waals surface area (Å²) in [5.74, 6) is 0.712. The average molecular weight is 328 g/mol. The second-order valence-electron chi connectivity index (χ2n) is 4.62. The van der Waals surface area contributed by atoms with E-state index in [2.05, 4.69) is 21.2 Å². The van der Waals surface area contributed by atoms with Crippen LogP contribution < -0.4 is 10.1 Å². The largest absolute Gasteiger partial charge is 0.496 e. The van der Waals surface area contributed by atoms with Gasteiger partial charge in [0.25, 0.3) is 0 Å².